The van der Waals surface area contributed by atoms with Gasteiger partial charge in [0.1, 0.15) is 0 Å². The first kappa shape index (κ1) is 16.9. The van der Waals surface area contributed by atoms with E-state index >= 15 is 0 Å². The molecule has 0 bridgehead atoms. The molecule has 22 heavy (non-hydrogen) atoms. The Morgan fingerprint density at radius 3 is 3.05 bits per heavy atom. The number of nitrogens with zero attached hydrogens (tertiary/aromatic N) is 1. The van der Waals surface area contributed by atoms with Crippen molar-refractivity contribution < 1.29 is 14.3 Å². The SMILES string of the molecule is CCCOc1c(Cl)cccc1NC(=O)N(C)C[C@@H]1CCOC1. The molecular weight excluding hydrogens is 304 g/mol. The predicted octanol–water partition coefficient (Wildman–Crippen LogP) is 3.63. The van der Waals surface area contributed by atoms with Crippen LogP contribution in [-0.4, -0.2) is 44.3 Å². The fourth-order valence-corrected chi connectivity index (χ4v) is 2.60. The maximum absolute atomic E-state index is 12.3. The zero-order valence-corrected chi connectivity index (χ0v) is 13.9. The fraction of sp³-hybridized carbons (Fsp3) is 0.562. The van der Waals surface area contributed by atoms with Gasteiger partial charge in [-0.25, -0.2) is 4.79 Å². The average molecular weight is 327 g/mol. The first-order valence-corrected chi connectivity index (χ1v) is 8.00. The molecule has 2 rings (SSSR count). The van der Waals surface area contributed by atoms with E-state index in [4.69, 9.17) is 21.1 Å². The van der Waals surface area contributed by atoms with Crippen molar-refractivity contribution in [2.24, 2.45) is 5.92 Å². The Morgan fingerprint density at radius 2 is 2.36 bits per heavy atom. The molecule has 6 heteroatoms. The molecule has 1 heterocycles. The van der Waals surface area contributed by atoms with Crippen molar-refractivity contribution >= 4 is 23.3 Å². The zero-order valence-electron chi connectivity index (χ0n) is 13.1. The lowest BCUT2D eigenvalue weighted by molar-refractivity contribution is 0.175. The summed E-state index contributed by atoms with van der Waals surface area (Å²) in [6.07, 6.45) is 1.87. The highest BCUT2D eigenvalue weighted by molar-refractivity contribution is 6.32. The standard InChI is InChI=1S/C16H23ClN2O3/c1-3-8-22-15-13(17)5-4-6-14(15)18-16(20)19(2)10-12-7-9-21-11-12/h4-6,12H,3,7-11H2,1-2H3,(H,18,20)/t12-/m0/s1. The average Bonchev–Trinajstić information content (AvgIpc) is 2.99. The molecule has 0 saturated carbocycles. The second-order valence-corrected chi connectivity index (χ2v) is 5.91. The third-order valence-corrected chi connectivity index (χ3v) is 3.86. The maximum atomic E-state index is 12.3. The molecule has 1 aliphatic rings. The van der Waals surface area contributed by atoms with Gasteiger partial charge in [-0.2, -0.15) is 0 Å². The van der Waals surface area contributed by atoms with Crippen LogP contribution >= 0.6 is 11.6 Å². The summed E-state index contributed by atoms with van der Waals surface area (Å²) in [4.78, 5) is 14.0. The molecule has 1 saturated heterocycles. The van der Waals surface area contributed by atoms with Crippen molar-refractivity contribution in [3.05, 3.63) is 23.2 Å². The lowest BCUT2D eigenvalue weighted by atomic mass is 10.1. The molecule has 1 fully saturated rings. The Balaban J connectivity index is 1.99. The summed E-state index contributed by atoms with van der Waals surface area (Å²) in [5, 5.41) is 3.37. The van der Waals surface area contributed by atoms with E-state index in [1.165, 1.54) is 0 Å². The first-order valence-electron chi connectivity index (χ1n) is 7.63. The van der Waals surface area contributed by atoms with Crippen LogP contribution in [0.25, 0.3) is 0 Å². The Morgan fingerprint density at radius 1 is 1.55 bits per heavy atom. The van der Waals surface area contributed by atoms with Crippen LogP contribution in [0.3, 0.4) is 0 Å². The number of benzene rings is 1. The molecule has 2 amide bonds. The number of nitrogens with one attached hydrogen (secondary N) is 1. The van der Waals surface area contributed by atoms with E-state index in [0.29, 0.717) is 35.5 Å². The number of urea groups is 1. The Labute approximate surface area is 136 Å². The van der Waals surface area contributed by atoms with Gasteiger partial charge in [0.15, 0.2) is 5.75 Å². The summed E-state index contributed by atoms with van der Waals surface area (Å²) in [5.74, 6) is 0.933. The topological polar surface area (TPSA) is 50.8 Å². The Hall–Kier alpha value is -1.46. The quantitative estimate of drug-likeness (QED) is 0.868. The van der Waals surface area contributed by atoms with Crippen molar-refractivity contribution in [2.45, 2.75) is 19.8 Å². The normalized spacial score (nSPS) is 17.3. The molecule has 0 unspecified atom stereocenters. The minimum atomic E-state index is -0.171. The maximum Gasteiger partial charge on any atom is 0.321 e. The number of anilines is 1. The van der Waals surface area contributed by atoms with Crippen molar-refractivity contribution in [3.8, 4) is 5.75 Å². The molecule has 1 N–H and O–H groups in total. The molecule has 122 valence electrons. The van der Waals surface area contributed by atoms with Crippen molar-refractivity contribution in [3.63, 3.8) is 0 Å². The lowest BCUT2D eigenvalue weighted by Gasteiger charge is -2.22. The second kappa shape index (κ2) is 8.25. The molecule has 0 radical (unpaired) electrons. The van der Waals surface area contributed by atoms with Crippen LogP contribution in [0.2, 0.25) is 5.02 Å². The van der Waals surface area contributed by atoms with Crippen LogP contribution in [0.1, 0.15) is 19.8 Å². The third-order valence-electron chi connectivity index (χ3n) is 3.56. The highest BCUT2D eigenvalue weighted by atomic mass is 35.5. The van der Waals surface area contributed by atoms with E-state index in [-0.39, 0.29) is 6.03 Å². The Kier molecular flexibility index (Phi) is 6.34. The molecule has 1 atom stereocenters. The van der Waals surface area contributed by atoms with Crippen LogP contribution in [0.4, 0.5) is 10.5 Å². The van der Waals surface area contributed by atoms with Gasteiger partial charge in [0.2, 0.25) is 0 Å². The number of carbonyl (C=O) groups is 1. The van der Waals surface area contributed by atoms with E-state index < -0.39 is 0 Å². The van der Waals surface area contributed by atoms with Gasteiger partial charge in [0, 0.05) is 26.1 Å². The number of rotatable bonds is 6. The largest absolute Gasteiger partial charge is 0.490 e. The molecule has 5 nitrogen and oxygen atoms in total. The number of hydrogen-bond acceptors (Lipinski definition) is 3. The molecule has 0 spiro atoms. The van der Waals surface area contributed by atoms with E-state index in [9.17, 15) is 4.79 Å². The van der Waals surface area contributed by atoms with Crippen LogP contribution < -0.4 is 10.1 Å². The minimum absolute atomic E-state index is 0.171. The van der Waals surface area contributed by atoms with Crippen LogP contribution in [0.15, 0.2) is 18.2 Å². The highest BCUT2D eigenvalue weighted by Gasteiger charge is 2.21. The second-order valence-electron chi connectivity index (χ2n) is 5.51. The summed E-state index contributed by atoms with van der Waals surface area (Å²) in [7, 11) is 1.78. The molecule has 1 aromatic carbocycles. The van der Waals surface area contributed by atoms with Gasteiger partial charge >= 0.3 is 6.03 Å². The van der Waals surface area contributed by atoms with E-state index in [2.05, 4.69) is 5.32 Å². The van der Waals surface area contributed by atoms with Gasteiger partial charge in [0.25, 0.3) is 0 Å². The molecule has 1 aliphatic heterocycles. The number of carbonyl (C=O) groups excluding carboxylic acids is 1. The van der Waals surface area contributed by atoms with Gasteiger partial charge in [-0.15, -0.1) is 0 Å². The molecular formula is C16H23ClN2O3. The van der Waals surface area contributed by atoms with Crippen LogP contribution in [0.5, 0.6) is 5.75 Å². The van der Waals surface area contributed by atoms with Crippen LogP contribution in [-0.2, 0) is 4.74 Å². The Bertz CT molecular complexity index is 504. The first-order chi connectivity index (χ1) is 10.6. The lowest BCUT2D eigenvalue weighted by Crippen LogP contribution is -2.35. The van der Waals surface area contributed by atoms with Gasteiger partial charge in [0.05, 0.1) is 23.9 Å². The summed E-state index contributed by atoms with van der Waals surface area (Å²) in [6.45, 7) is 4.76. The molecule has 0 aromatic heterocycles. The minimum Gasteiger partial charge on any atom is -0.490 e. The van der Waals surface area contributed by atoms with Crippen molar-refractivity contribution in [1.82, 2.24) is 4.90 Å². The number of hydrogen-bond donors (Lipinski definition) is 1. The summed E-state index contributed by atoms with van der Waals surface area (Å²) >= 11 is 6.16. The third kappa shape index (κ3) is 4.52. The highest BCUT2D eigenvalue weighted by Crippen LogP contribution is 2.33. The summed E-state index contributed by atoms with van der Waals surface area (Å²) in [6, 6.07) is 5.17. The smallest absolute Gasteiger partial charge is 0.321 e. The summed E-state index contributed by atoms with van der Waals surface area (Å²) in [5.41, 5.74) is 0.598. The monoisotopic (exact) mass is 326 g/mol. The number of para-hydroxylation sites is 1. The fourth-order valence-electron chi connectivity index (χ4n) is 2.37. The van der Waals surface area contributed by atoms with Gasteiger partial charge < -0.3 is 19.7 Å². The van der Waals surface area contributed by atoms with E-state index in [1.807, 2.05) is 6.92 Å². The zero-order chi connectivity index (χ0) is 15.9. The number of ether oxygens (including phenoxy) is 2. The van der Waals surface area contributed by atoms with E-state index in [0.717, 1.165) is 26.1 Å². The predicted molar refractivity (Wildman–Crippen MR) is 87.8 cm³/mol. The van der Waals surface area contributed by atoms with Gasteiger partial charge in [-0.3, -0.25) is 0 Å². The molecule has 1 aromatic rings. The number of amides is 2. The van der Waals surface area contributed by atoms with Crippen molar-refractivity contribution in [2.75, 3.05) is 38.7 Å². The van der Waals surface area contributed by atoms with E-state index in [1.54, 1.807) is 30.1 Å². The molecule has 0 aliphatic carbocycles. The van der Waals surface area contributed by atoms with Crippen LogP contribution in [0, 0.1) is 5.92 Å². The summed E-state index contributed by atoms with van der Waals surface area (Å²) < 4.78 is 11.0. The van der Waals surface area contributed by atoms with Gasteiger partial charge in [-0.1, -0.05) is 24.6 Å². The van der Waals surface area contributed by atoms with Gasteiger partial charge in [-0.05, 0) is 25.0 Å². The number of halogens is 1. The van der Waals surface area contributed by atoms with Crippen molar-refractivity contribution in [1.29, 1.82) is 0 Å².